The van der Waals surface area contributed by atoms with Crippen LogP contribution in [0.1, 0.15) is 12.5 Å². The van der Waals surface area contributed by atoms with E-state index in [1.54, 1.807) is 13.0 Å². The molecule has 0 saturated heterocycles. The van der Waals surface area contributed by atoms with Crippen LogP contribution in [-0.4, -0.2) is 11.9 Å². The van der Waals surface area contributed by atoms with Crippen molar-refractivity contribution in [3.8, 4) is 0 Å². The van der Waals surface area contributed by atoms with Crippen molar-refractivity contribution in [2.24, 2.45) is 0 Å². The highest BCUT2D eigenvalue weighted by molar-refractivity contribution is 5.88. The lowest BCUT2D eigenvalue weighted by Gasteiger charge is -2.01. The maximum Gasteiger partial charge on any atom is 0.381 e. The summed E-state index contributed by atoms with van der Waals surface area (Å²) in [7, 11) is 0. The topological polar surface area (TPSA) is 52.6 Å². The van der Waals surface area contributed by atoms with E-state index in [2.05, 4.69) is 16.4 Å². The molecule has 1 rings (SSSR count). The Labute approximate surface area is 105 Å². The van der Waals surface area contributed by atoms with Crippen LogP contribution >= 0.6 is 0 Å². The van der Waals surface area contributed by atoms with Gasteiger partial charge in [-0.15, -0.1) is 0 Å². The number of rotatable bonds is 4. The van der Waals surface area contributed by atoms with Crippen LogP contribution in [0.25, 0.3) is 0 Å². The van der Waals surface area contributed by atoms with Crippen molar-refractivity contribution in [1.29, 1.82) is 0 Å². The zero-order valence-electron chi connectivity index (χ0n) is 10.1. The molecule has 0 atom stereocenters. The van der Waals surface area contributed by atoms with Gasteiger partial charge in [-0.05, 0) is 18.9 Å². The molecule has 0 spiro atoms. The molecule has 0 aromatic heterocycles. The van der Waals surface area contributed by atoms with Crippen LogP contribution in [0.3, 0.4) is 0 Å². The zero-order chi connectivity index (χ0) is 13.4. The molecule has 0 heterocycles. The van der Waals surface area contributed by atoms with Gasteiger partial charge >= 0.3 is 11.9 Å². The second-order valence-electron chi connectivity index (χ2n) is 3.55. The van der Waals surface area contributed by atoms with Gasteiger partial charge in [0.2, 0.25) is 0 Å². The van der Waals surface area contributed by atoms with Crippen molar-refractivity contribution >= 4 is 11.9 Å². The molecule has 0 aliphatic carbocycles. The van der Waals surface area contributed by atoms with Gasteiger partial charge in [-0.1, -0.05) is 43.0 Å². The van der Waals surface area contributed by atoms with Gasteiger partial charge in [0.15, 0.2) is 0 Å². The highest BCUT2D eigenvalue weighted by Crippen LogP contribution is 2.04. The summed E-state index contributed by atoms with van der Waals surface area (Å²) in [5.74, 6) is -1.50. The minimum absolute atomic E-state index is 0.371. The lowest BCUT2D eigenvalue weighted by molar-refractivity contribution is -0.251. The largest absolute Gasteiger partial charge is 0.381 e. The Morgan fingerprint density at radius 2 is 1.89 bits per heavy atom. The van der Waals surface area contributed by atoms with Crippen molar-refractivity contribution in [3.63, 3.8) is 0 Å². The monoisotopic (exact) mass is 246 g/mol. The zero-order valence-corrected chi connectivity index (χ0v) is 10.1. The molecule has 0 unspecified atom stereocenters. The first-order chi connectivity index (χ1) is 8.63. The van der Waals surface area contributed by atoms with E-state index in [0.29, 0.717) is 12.0 Å². The fraction of sp³-hybridized carbons (Fsp3) is 0.143. The van der Waals surface area contributed by atoms with Crippen LogP contribution < -0.4 is 0 Å². The summed E-state index contributed by atoms with van der Waals surface area (Å²) >= 11 is 0. The van der Waals surface area contributed by atoms with Crippen LogP contribution in [0, 0.1) is 0 Å². The van der Waals surface area contributed by atoms with E-state index in [9.17, 15) is 9.59 Å². The highest BCUT2D eigenvalue weighted by Gasteiger charge is 2.09. The van der Waals surface area contributed by atoms with Crippen molar-refractivity contribution in [2.75, 3.05) is 0 Å². The van der Waals surface area contributed by atoms with E-state index in [1.807, 2.05) is 30.3 Å². The first-order valence-corrected chi connectivity index (χ1v) is 5.39. The Bertz CT molecular complexity index is 460. The van der Waals surface area contributed by atoms with Gasteiger partial charge in [-0.3, -0.25) is 0 Å². The number of allylic oxidation sites excluding steroid dienone is 1. The van der Waals surface area contributed by atoms with Gasteiger partial charge in [0.05, 0.1) is 0 Å². The van der Waals surface area contributed by atoms with E-state index in [4.69, 9.17) is 0 Å². The number of hydrogen-bond donors (Lipinski definition) is 0. The average Bonchev–Trinajstić information content (AvgIpc) is 2.42. The van der Waals surface area contributed by atoms with Gasteiger partial charge in [0.1, 0.15) is 0 Å². The molecule has 4 heteroatoms. The SMILES string of the molecule is C=CC(=O)OOC(=O)/C(C)=C/Cc1ccccc1. The first-order valence-electron chi connectivity index (χ1n) is 5.39. The Morgan fingerprint density at radius 3 is 2.50 bits per heavy atom. The molecule has 0 radical (unpaired) electrons. The molecule has 0 aliphatic rings. The van der Waals surface area contributed by atoms with E-state index in [1.165, 1.54) is 0 Å². The Hall–Kier alpha value is -2.36. The van der Waals surface area contributed by atoms with E-state index >= 15 is 0 Å². The Balaban J connectivity index is 2.48. The van der Waals surface area contributed by atoms with Crippen molar-refractivity contribution < 1.29 is 19.4 Å². The summed E-state index contributed by atoms with van der Waals surface area (Å²) in [6.45, 7) is 4.77. The number of hydrogen-bond acceptors (Lipinski definition) is 4. The fourth-order valence-corrected chi connectivity index (χ4v) is 1.15. The maximum absolute atomic E-state index is 11.4. The highest BCUT2D eigenvalue weighted by atomic mass is 17.2. The molecule has 1 aromatic carbocycles. The van der Waals surface area contributed by atoms with Crippen molar-refractivity contribution in [1.82, 2.24) is 0 Å². The minimum Gasteiger partial charge on any atom is -0.242 e. The van der Waals surface area contributed by atoms with Gasteiger partial charge in [0.25, 0.3) is 0 Å². The molecule has 0 bridgehead atoms. The standard InChI is InChI=1S/C14H14O4/c1-3-13(15)17-18-14(16)11(2)9-10-12-7-5-4-6-8-12/h3-9H,1,10H2,2H3/b11-9+. The number of benzene rings is 1. The quantitative estimate of drug-likeness (QED) is 0.465. The molecule has 1 aromatic rings. The van der Waals surface area contributed by atoms with Gasteiger partial charge in [-0.25, -0.2) is 19.4 Å². The number of carbonyl (C=O) groups excluding carboxylic acids is 2. The van der Waals surface area contributed by atoms with Gasteiger partial charge in [0, 0.05) is 11.6 Å². The third kappa shape index (κ3) is 4.65. The molecule has 0 N–H and O–H groups in total. The fourth-order valence-electron chi connectivity index (χ4n) is 1.15. The van der Waals surface area contributed by atoms with Crippen LogP contribution in [-0.2, 0) is 25.8 Å². The summed E-state index contributed by atoms with van der Waals surface area (Å²) in [6, 6.07) is 9.66. The average molecular weight is 246 g/mol. The summed E-state index contributed by atoms with van der Waals surface area (Å²) in [6.07, 6.45) is 3.23. The molecule has 0 aliphatic heterocycles. The predicted molar refractivity (Wildman–Crippen MR) is 66.3 cm³/mol. The van der Waals surface area contributed by atoms with Crippen LogP contribution in [0.5, 0.6) is 0 Å². The van der Waals surface area contributed by atoms with Gasteiger partial charge in [-0.2, -0.15) is 0 Å². The second-order valence-corrected chi connectivity index (χ2v) is 3.55. The van der Waals surface area contributed by atoms with Crippen LogP contribution in [0.4, 0.5) is 0 Å². The summed E-state index contributed by atoms with van der Waals surface area (Å²) in [5, 5.41) is 0. The Kier molecular flexibility index (Phi) is 5.38. The molecule has 94 valence electrons. The maximum atomic E-state index is 11.4. The van der Waals surface area contributed by atoms with Crippen LogP contribution in [0.15, 0.2) is 54.6 Å². The number of carbonyl (C=O) groups is 2. The summed E-state index contributed by atoms with van der Waals surface area (Å²) in [4.78, 5) is 30.6. The van der Waals surface area contributed by atoms with E-state index < -0.39 is 11.9 Å². The van der Waals surface area contributed by atoms with E-state index in [-0.39, 0.29) is 0 Å². The smallest absolute Gasteiger partial charge is 0.242 e. The summed E-state index contributed by atoms with van der Waals surface area (Å²) in [5.41, 5.74) is 1.45. The normalized spacial score (nSPS) is 10.6. The lowest BCUT2D eigenvalue weighted by atomic mass is 10.1. The third-order valence-corrected chi connectivity index (χ3v) is 2.17. The molecule has 0 amide bonds. The lowest BCUT2D eigenvalue weighted by Crippen LogP contribution is -2.10. The first kappa shape index (κ1) is 13.7. The van der Waals surface area contributed by atoms with Crippen molar-refractivity contribution in [2.45, 2.75) is 13.3 Å². The van der Waals surface area contributed by atoms with Crippen LogP contribution in [0.2, 0.25) is 0 Å². The molecule has 0 fully saturated rings. The van der Waals surface area contributed by atoms with E-state index in [0.717, 1.165) is 11.6 Å². The molecular formula is C14H14O4. The minimum atomic E-state index is -0.806. The molecular weight excluding hydrogens is 232 g/mol. The Morgan fingerprint density at radius 1 is 1.22 bits per heavy atom. The molecule has 18 heavy (non-hydrogen) atoms. The third-order valence-electron chi connectivity index (χ3n) is 2.17. The van der Waals surface area contributed by atoms with Crippen molar-refractivity contribution in [3.05, 3.63) is 60.2 Å². The predicted octanol–water partition coefficient (Wildman–Crippen LogP) is 2.36. The molecule has 4 nitrogen and oxygen atoms in total. The molecule has 0 saturated carbocycles. The second kappa shape index (κ2) is 7.06. The van der Waals surface area contributed by atoms with Gasteiger partial charge < -0.3 is 0 Å². The summed E-state index contributed by atoms with van der Waals surface area (Å²) < 4.78 is 0.